The summed E-state index contributed by atoms with van der Waals surface area (Å²) in [5, 5.41) is 7.78. The fraction of sp³-hybridized carbons (Fsp3) is 0.300. The Bertz CT molecular complexity index is 434. The third kappa shape index (κ3) is 3.10. The fourth-order valence-electron chi connectivity index (χ4n) is 1.18. The Balaban J connectivity index is 2.92. The minimum absolute atomic E-state index is 0.171. The minimum Gasteiger partial charge on any atom is -0.481 e. The molecule has 0 amide bonds. The molecule has 1 rings (SSSR count). The Hall–Kier alpha value is -1.30. The molecule has 0 aromatic heterocycles. The van der Waals surface area contributed by atoms with Crippen molar-refractivity contribution in [3.05, 3.63) is 29.8 Å². The van der Waals surface area contributed by atoms with E-state index in [1.54, 1.807) is 0 Å². The summed E-state index contributed by atoms with van der Waals surface area (Å²) in [5.74, 6) is -2.79. The fourth-order valence-corrected chi connectivity index (χ4v) is 2.36. The molecule has 2 atom stereocenters. The van der Waals surface area contributed by atoms with Gasteiger partial charge < -0.3 is 5.11 Å². The second kappa shape index (κ2) is 5.16. The summed E-state index contributed by atoms with van der Waals surface area (Å²) in [6.07, 6.45) is -0.330. The summed E-state index contributed by atoms with van der Waals surface area (Å²) in [6.45, 7) is 1.44. The van der Waals surface area contributed by atoms with Crippen LogP contribution in [0.5, 0.6) is 0 Å². The normalized spacial score (nSPS) is 14.4. The highest BCUT2D eigenvalue weighted by molar-refractivity contribution is 7.85. The first kappa shape index (κ1) is 12.8. The molecule has 16 heavy (non-hydrogen) atoms. The molecule has 0 aliphatic heterocycles. The molecular weight excluding hydrogens is 238 g/mol. The maximum atomic E-state index is 13.2. The number of hydrogen-bond donors (Lipinski definition) is 1. The molecule has 0 saturated heterocycles. The van der Waals surface area contributed by atoms with E-state index in [-0.39, 0.29) is 11.3 Å². The summed E-state index contributed by atoms with van der Waals surface area (Å²) in [6, 6.07) is 2.68. The smallest absolute Gasteiger partial charge is 0.304 e. The second-order valence-corrected chi connectivity index (χ2v) is 5.12. The number of aliphatic carboxylic acids is 1. The number of hydrogen-bond acceptors (Lipinski definition) is 2. The van der Waals surface area contributed by atoms with Crippen LogP contribution in [0.2, 0.25) is 0 Å². The molecule has 1 aromatic carbocycles. The SMILES string of the molecule is CC(CC(=O)O)S(=O)c1ccc(F)cc1F. The van der Waals surface area contributed by atoms with Crippen molar-refractivity contribution in [2.75, 3.05) is 0 Å². The van der Waals surface area contributed by atoms with Gasteiger partial charge in [-0.3, -0.25) is 9.00 Å². The predicted octanol–water partition coefficient (Wildman–Crippen LogP) is 1.94. The predicted molar refractivity (Wildman–Crippen MR) is 54.5 cm³/mol. The van der Waals surface area contributed by atoms with Gasteiger partial charge in [0.2, 0.25) is 0 Å². The number of carbonyl (C=O) groups is 1. The van der Waals surface area contributed by atoms with Gasteiger partial charge in [0.15, 0.2) is 0 Å². The van der Waals surface area contributed by atoms with Gasteiger partial charge >= 0.3 is 5.97 Å². The lowest BCUT2D eigenvalue weighted by Crippen LogP contribution is -2.16. The van der Waals surface area contributed by atoms with E-state index in [0.29, 0.717) is 6.07 Å². The standard InChI is InChI=1S/C10H10F2O3S/c1-6(4-10(13)14)16(15)9-3-2-7(11)5-8(9)12/h2-3,5-6H,4H2,1H3,(H,13,14). The van der Waals surface area contributed by atoms with Crippen molar-refractivity contribution in [2.45, 2.75) is 23.5 Å². The van der Waals surface area contributed by atoms with Crippen molar-refractivity contribution < 1.29 is 22.9 Å². The lowest BCUT2D eigenvalue weighted by Gasteiger charge is -2.09. The topological polar surface area (TPSA) is 54.4 Å². The first-order valence-corrected chi connectivity index (χ1v) is 5.70. The van der Waals surface area contributed by atoms with E-state index in [1.807, 2.05) is 0 Å². The number of benzene rings is 1. The van der Waals surface area contributed by atoms with E-state index in [2.05, 4.69) is 0 Å². The zero-order valence-electron chi connectivity index (χ0n) is 8.44. The van der Waals surface area contributed by atoms with E-state index in [9.17, 15) is 17.8 Å². The Morgan fingerprint density at radius 2 is 2.12 bits per heavy atom. The molecule has 0 fully saturated rings. The molecule has 0 spiro atoms. The Morgan fingerprint density at radius 3 is 2.62 bits per heavy atom. The lowest BCUT2D eigenvalue weighted by molar-refractivity contribution is -0.136. The number of rotatable bonds is 4. The summed E-state index contributed by atoms with van der Waals surface area (Å²) < 4.78 is 37.5. The summed E-state index contributed by atoms with van der Waals surface area (Å²) in [5.41, 5.74) is 0. The monoisotopic (exact) mass is 248 g/mol. The van der Waals surface area contributed by atoms with Gasteiger partial charge in [-0.25, -0.2) is 8.78 Å². The van der Waals surface area contributed by atoms with Crippen LogP contribution in [-0.4, -0.2) is 20.5 Å². The Labute approximate surface area is 93.6 Å². The van der Waals surface area contributed by atoms with Gasteiger partial charge in [-0.15, -0.1) is 0 Å². The van der Waals surface area contributed by atoms with E-state index in [1.165, 1.54) is 6.92 Å². The largest absolute Gasteiger partial charge is 0.481 e. The van der Waals surface area contributed by atoms with Crippen LogP contribution in [0.1, 0.15) is 13.3 Å². The molecule has 2 unspecified atom stereocenters. The molecule has 0 aliphatic rings. The van der Waals surface area contributed by atoms with Crippen molar-refractivity contribution in [3.63, 3.8) is 0 Å². The zero-order chi connectivity index (χ0) is 12.3. The number of carboxylic acid groups (broad SMARTS) is 1. The van der Waals surface area contributed by atoms with Gasteiger partial charge in [0.05, 0.1) is 22.1 Å². The van der Waals surface area contributed by atoms with Crippen LogP contribution in [0.4, 0.5) is 8.78 Å². The van der Waals surface area contributed by atoms with Gasteiger partial charge in [-0.2, -0.15) is 0 Å². The van der Waals surface area contributed by atoms with Crippen LogP contribution in [0.3, 0.4) is 0 Å². The van der Waals surface area contributed by atoms with Crippen LogP contribution in [0.15, 0.2) is 23.1 Å². The van der Waals surface area contributed by atoms with Crippen LogP contribution >= 0.6 is 0 Å². The first-order chi connectivity index (χ1) is 7.41. The van der Waals surface area contributed by atoms with Crippen LogP contribution < -0.4 is 0 Å². The zero-order valence-corrected chi connectivity index (χ0v) is 9.26. The average Bonchev–Trinajstić information content (AvgIpc) is 2.15. The Morgan fingerprint density at radius 1 is 1.50 bits per heavy atom. The summed E-state index contributed by atoms with van der Waals surface area (Å²) >= 11 is 0. The summed E-state index contributed by atoms with van der Waals surface area (Å²) in [7, 11) is -1.79. The molecule has 0 radical (unpaired) electrons. The van der Waals surface area contributed by atoms with Crippen molar-refractivity contribution in [2.24, 2.45) is 0 Å². The second-order valence-electron chi connectivity index (χ2n) is 3.28. The summed E-state index contributed by atoms with van der Waals surface area (Å²) in [4.78, 5) is 10.2. The third-order valence-corrected chi connectivity index (χ3v) is 3.60. The number of carboxylic acids is 1. The number of halogens is 2. The van der Waals surface area contributed by atoms with Gasteiger partial charge in [-0.05, 0) is 19.1 Å². The molecule has 1 N–H and O–H groups in total. The van der Waals surface area contributed by atoms with E-state index >= 15 is 0 Å². The van der Waals surface area contributed by atoms with Crippen molar-refractivity contribution >= 4 is 16.8 Å². The van der Waals surface area contributed by atoms with Crippen molar-refractivity contribution in [1.82, 2.24) is 0 Å². The molecule has 0 aliphatic carbocycles. The first-order valence-electron chi connectivity index (χ1n) is 4.49. The molecule has 0 heterocycles. The molecular formula is C10H10F2O3S. The molecule has 6 heteroatoms. The average molecular weight is 248 g/mol. The molecule has 0 bridgehead atoms. The maximum absolute atomic E-state index is 13.2. The Kier molecular flexibility index (Phi) is 4.12. The maximum Gasteiger partial charge on any atom is 0.304 e. The van der Waals surface area contributed by atoms with Crippen molar-refractivity contribution in [3.8, 4) is 0 Å². The third-order valence-electron chi connectivity index (χ3n) is 1.94. The van der Waals surface area contributed by atoms with E-state index < -0.39 is 33.7 Å². The lowest BCUT2D eigenvalue weighted by atomic mass is 10.3. The molecule has 0 saturated carbocycles. The van der Waals surface area contributed by atoms with Crippen molar-refractivity contribution in [1.29, 1.82) is 0 Å². The highest BCUT2D eigenvalue weighted by Crippen LogP contribution is 2.18. The van der Waals surface area contributed by atoms with Gasteiger partial charge in [0.1, 0.15) is 11.6 Å². The highest BCUT2D eigenvalue weighted by Gasteiger charge is 2.19. The molecule has 88 valence electrons. The quantitative estimate of drug-likeness (QED) is 0.885. The molecule has 1 aromatic rings. The van der Waals surface area contributed by atoms with Crippen LogP contribution in [0, 0.1) is 11.6 Å². The van der Waals surface area contributed by atoms with Crippen LogP contribution in [0.25, 0.3) is 0 Å². The van der Waals surface area contributed by atoms with E-state index in [4.69, 9.17) is 5.11 Å². The van der Waals surface area contributed by atoms with Crippen LogP contribution in [-0.2, 0) is 15.6 Å². The minimum atomic E-state index is -1.79. The molecule has 3 nitrogen and oxygen atoms in total. The highest BCUT2D eigenvalue weighted by atomic mass is 32.2. The van der Waals surface area contributed by atoms with Gasteiger partial charge in [0.25, 0.3) is 0 Å². The van der Waals surface area contributed by atoms with Gasteiger partial charge in [-0.1, -0.05) is 0 Å². The van der Waals surface area contributed by atoms with Gasteiger partial charge in [0, 0.05) is 11.3 Å². The van der Waals surface area contributed by atoms with E-state index in [0.717, 1.165) is 12.1 Å².